The summed E-state index contributed by atoms with van der Waals surface area (Å²) < 4.78 is 5.28. The average molecular weight is 251 g/mol. The maximum Gasteiger partial charge on any atom is 0.371 e. The number of carbonyl (C=O) groups is 1. The monoisotopic (exact) mass is 251 g/mol. The number of rotatable bonds is 4. The fraction of sp³-hybridized carbons (Fsp3) is 0.643. The Morgan fingerprint density at radius 1 is 1.44 bits per heavy atom. The van der Waals surface area contributed by atoms with Gasteiger partial charge >= 0.3 is 5.97 Å². The Morgan fingerprint density at radius 3 is 2.61 bits per heavy atom. The van der Waals surface area contributed by atoms with Crippen molar-refractivity contribution in [3.05, 3.63) is 23.7 Å². The molecule has 18 heavy (non-hydrogen) atoms. The summed E-state index contributed by atoms with van der Waals surface area (Å²) in [6.45, 7) is 7.44. The molecule has 1 aromatic rings. The Bertz CT molecular complexity index is 416. The summed E-state index contributed by atoms with van der Waals surface area (Å²) in [4.78, 5) is 13.1. The molecule has 0 saturated carbocycles. The van der Waals surface area contributed by atoms with Crippen molar-refractivity contribution in [1.82, 2.24) is 4.90 Å². The molecule has 0 bridgehead atoms. The SMILES string of the molecule is CCC1(C)CCN(Cc2ccc(C(=O)O)o2)CC1. The van der Waals surface area contributed by atoms with Crippen LogP contribution in [0.1, 0.15) is 49.4 Å². The van der Waals surface area contributed by atoms with Crippen LogP contribution in [0, 0.1) is 5.41 Å². The third kappa shape index (κ3) is 2.93. The standard InChI is InChI=1S/C14H21NO3/c1-3-14(2)6-8-15(9-7-14)10-11-4-5-12(18-11)13(16)17/h4-5H,3,6-10H2,1-2H3,(H,16,17). The highest BCUT2D eigenvalue weighted by molar-refractivity contribution is 5.84. The molecular formula is C14H21NO3. The topological polar surface area (TPSA) is 53.7 Å². The van der Waals surface area contributed by atoms with E-state index in [0.29, 0.717) is 12.0 Å². The third-order valence-electron chi connectivity index (χ3n) is 4.17. The molecule has 0 atom stereocenters. The summed E-state index contributed by atoms with van der Waals surface area (Å²) in [6.07, 6.45) is 3.64. The molecule has 2 rings (SSSR count). The number of nitrogens with zero attached hydrogens (tertiary/aromatic N) is 1. The molecular weight excluding hydrogens is 230 g/mol. The summed E-state index contributed by atoms with van der Waals surface area (Å²) in [7, 11) is 0. The van der Waals surface area contributed by atoms with Crippen LogP contribution in [0.15, 0.2) is 16.5 Å². The van der Waals surface area contributed by atoms with E-state index in [1.54, 1.807) is 6.07 Å². The normalized spacial score (nSPS) is 19.9. The van der Waals surface area contributed by atoms with E-state index in [1.165, 1.54) is 25.3 Å². The van der Waals surface area contributed by atoms with Gasteiger partial charge in [-0.2, -0.15) is 0 Å². The molecule has 4 heteroatoms. The van der Waals surface area contributed by atoms with E-state index in [4.69, 9.17) is 9.52 Å². The van der Waals surface area contributed by atoms with Gasteiger partial charge in [-0.3, -0.25) is 4.90 Å². The van der Waals surface area contributed by atoms with Crippen molar-refractivity contribution in [2.24, 2.45) is 5.41 Å². The third-order valence-corrected chi connectivity index (χ3v) is 4.17. The van der Waals surface area contributed by atoms with E-state index >= 15 is 0 Å². The first-order valence-corrected chi connectivity index (χ1v) is 6.57. The van der Waals surface area contributed by atoms with E-state index in [2.05, 4.69) is 18.7 Å². The molecule has 0 amide bonds. The van der Waals surface area contributed by atoms with Crippen molar-refractivity contribution in [1.29, 1.82) is 0 Å². The quantitative estimate of drug-likeness (QED) is 0.893. The molecule has 1 aliphatic rings. The summed E-state index contributed by atoms with van der Waals surface area (Å²) in [6, 6.07) is 3.29. The second kappa shape index (κ2) is 5.14. The lowest BCUT2D eigenvalue weighted by atomic mass is 9.78. The van der Waals surface area contributed by atoms with Crippen LogP contribution in [0.25, 0.3) is 0 Å². The zero-order valence-electron chi connectivity index (χ0n) is 11.1. The minimum Gasteiger partial charge on any atom is -0.475 e. The molecule has 0 spiro atoms. The number of carboxylic acid groups (broad SMARTS) is 1. The Hall–Kier alpha value is -1.29. The van der Waals surface area contributed by atoms with Gasteiger partial charge in [-0.05, 0) is 43.5 Å². The predicted molar refractivity (Wildman–Crippen MR) is 68.6 cm³/mol. The van der Waals surface area contributed by atoms with Crippen LogP contribution in [0.4, 0.5) is 0 Å². The lowest BCUT2D eigenvalue weighted by Crippen LogP contribution is -2.37. The first-order chi connectivity index (χ1) is 8.52. The first-order valence-electron chi connectivity index (χ1n) is 6.57. The minimum absolute atomic E-state index is 0.0282. The number of furan rings is 1. The maximum atomic E-state index is 10.7. The smallest absolute Gasteiger partial charge is 0.371 e. The lowest BCUT2D eigenvalue weighted by molar-refractivity contribution is 0.0654. The van der Waals surface area contributed by atoms with Gasteiger partial charge in [0.25, 0.3) is 0 Å². The summed E-state index contributed by atoms with van der Waals surface area (Å²) in [5.74, 6) is -0.230. The Balaban J connectivity index is 1.89. The van der Waals surface area contributed by atoms with E-state index in [0.717, 1.165) is 18.8 Å². The van der Waals surface area contributed by atoms with Gasteiger partial charge in [0.1, 0.15) is 5.76 Å². The fourth-order valence-electron chi connectivity index (χ4n) is 2.40. The largest absolute Gasteiger partial charge is 0.475 e. The summed E-state index contributed by atoms with van der Waals surface area (Å²) in [5, 5.41) is 8.80. The second-order valence-corrected chi connectivity index (χ2v) is 5.51. The van der Waals surface area contributed by atoms with E-state index < -0.39 is 5.97 Å². The number of likely N-dealkylation sites (tertiary alicyclic amines) is 1. The highest BCUT2D eigenvalue weighted by atomic mass is 16.4. The van der Waals surface area contributed by atoms with E-state index in [-0.39, 0.29) is 5.76 Å². The second-order valence-electron chi connectivity index (χ2n) is 5.51. The van der Waals surface area contributed by atoms with Crippen LogP contribution < -0.4 is 0 Å². The number of hydrogen-bond acceptors (Lipinski definition) is 3. The molecule has 1 aliphatic heterocycles. The molecule has 2 heterocycles. The average Bonchev–Trinajstić information content (AvgIpc) is 2.81. The van der Waals surface area contributed by atoms with Crippen molar-refractivity contribution < 1.29 is 14.3 Å². The molecule has 0 radical (unpaired) electrons. The summed E-state index contributed by atoms with van der Waals surface area (Å²) >= 11 is 0. The van der Waals surface area contributed by atoms with Crippen LogP contribution in [0.2, 0.25) is 0 Å². The maximum absolute atomic E-state index is 10.7. The van der Waals surface area contributed by atoms with Gasteiger partial charge < -0.3 is 9.52 Å². The molecule has 0 unspecified atom stereocenters. The van der Waals surface area contributed by atoms with E-state index in [1.807, 2.05) is 0 Å². The molecule has 1 saturated heterocycles. The van der Waals surface area contributed by atoms with Gasteiger partial charge in [-0.1, -0.05) is 20.3 Å². The van der Waals surface area contributed by atoms with Crippen LogP contribution >= 0.6 is 0 Å². The Morgan fingerprint density at radius 2 is 2.11 bits per heavy atom. The number of aromatic carboxylic acids is 1. The summed E-state index contributed by atoms with van der Waals surface area (Å²) in [5.41, 5.74) is 0.478. The molecule has 100 valence electrons. The van der Waals surface area contributed by atoms with Gasteiger partial charge in [-0.25, -0.2) is 4.79 Å². The van der Waals surface area contributed by atoms with Crippen LogP contribution in [-0.2, 0) is 6.54 Å². The zero-order chi connectivity index (χ0) is 13.2. The zero-order valence-corrected chi connectivity index (χ0v) is 11.1. The Kier molecular flexibility index (Phi) is 3.76. The number of piperidine rings is 1. The highest BCUT2D eigenvalue weighted by Crippen LogP contribution is 2.34. The van der Waals surface area contributed by atoms with Crippen molar-refractivity contribution in [3.63, 3.8) is 0 Å². The van der Waals surface area contributed by atoms with Gasteiger partial charge in [0, 0.05) is 0 Å². The molecule has 1 aromatic heterocycles. The van der Waals surface area contributed by atoms with Crippen LogP contribution in [0.5, 0.6) is 0 Å². The Labute approximate surface area is 108 Å². The van der Waals surface area contributed by atoms with Crippen molar-refractivity contribution >= 4 is 5.97 Å². The molecule has 4 nitrogen and oxygen atoms in total. The van der Waals surface area contributed by atoms with Crippen molar-refractivity contribution in [2.75, 3.05) is 13.1 Å². The fourth-order valence-corrected chi connectivity index (χ4v) is 2.40. The van der Waals surface area contributed by atoms with Gasteiger partial charge in [0.15, 0.2) is 0 Å². The number of hydrogen-bond donors (Lipinski definition) is 1. The molecule has 0 aliphatic carbocycles. The van der Waals surface area contributed by atoms with Gasteiger partial charge in [0.2, 0.25) is 5.76 Å². The van der Waals surface area contributed by atoms with Crippen LogP contribution in [-0.4, -0.2) is 29.1 Å². The molecule has 1 N–H and O–H groups in total. The minimum atomic E-state index is -1.00. The van der Waals surface area contributed by atoms with Crippen molar-refractivity contribution in [2.45, 2.75) is 39.7 Å². The van der Waals surface area contributed by atoms with Crippen molar-refractivity contribution in [3.8, 4) is 0 Å². The highest BCUT2D eigenvalue weighted by Gasteiger charge is 2.28. The number of carboxylic acids is 1. The molecule has 1 fully saturated rings. The van der Waals surface area contributed by atoms with Gasteiger partial charge in [0.05, 0.1) is 6.54 Å². The lowest BCUT2D eigenvalue weighted by Gasteiger charge is -2.38. The van der Waals surface area contributed by atoms with Crippen LogP contribution in [0.3, 0.4) is 0 Å². The van der Waals surface area contributed by atoms with Gasteiger partial charge in [-0.15, -0.1) is 0 Å². The van der Waals surface area contributed by atoms with E-state index in [9.17, 15) is 4.79 Å². The first kappa shape index (κ1) is 13.1. The molecule has 0 aromatic carbocycles. The predicted octanol–water partition coefficient (Wildman–Crippen LogP) is 2.99.